The molecule has 8 nitrogen and oxygen atoms in total. The number of hydrogen-bond donors (Lipinski definition) is 0. The molecule has 0 radical (unpaired) electrons. The van der Waals surface area contributed by atoms with Gasteiger partial charge in [-0.2, -0.15) is 0 Å². The third kappa shape index (κ3) is 3.71. The number of hydrogen-bond acceptors (Lipinski definition) is 7. The van der Waals surface area contributed by atoms with Crippen LogP contribution in [0.3, 0.4) is 0 Å². The molecule has 2 aromatic carbocycles. The summed E-state index contributed by atoms with van der Waals surface area (Å²) in [6, 6.07) is 6.50. The number of ketones is 1. The van der Waals surface area contributed by atoms with E-state index in [4.69, 9.17) is 18.9 Å². The molecule has 0 bridgehead atoms. The van der Waals surface area contributed by atoms with E-state index < -0.39 is 23.2 Å². The summed E-state index contributed by atoms with van der Waals surface area (Å²) in [7, 11) is 4.51. The maximum atomic E-state index is 12.7. The fraction of sp³-hybridized carbons (Fsp3) is 0.269. The van der Waals surface area contributed by atoms with Crippen LogP contribution >= 0.6 is 0 Å². The van der Waals surface area contributed by atoms with Crippen molar-refractivity contribution in [1.29, 1.82) is 0 Å². The van der Waals surface area contributed by atoms with Crippen molar-refractivity contribution < 1.29 is 33.3 Å². The molecule has 0 N–H and O–H groups in total. The number of anilines is 1. The van der Waals surface area contributed by atoms with Gasteiger partial charge in [0.2, 0.25) is 5.75 Å². The van der Waals surface area contributed by atoms with Crippen molar-refractivity contribution in [2.45, 2.75) is 26.3 Å². The summed E-state index contributed by atoms with van der Waals surface area (Å²) in [4.78, 5) is 39.4. The Labute approximate surface area is 197 Å². The van der Waals surface area contributed by atoms with E-state index in [-0.39, 0.29) is 11.3 Å². The van der Waals surface area contributed by atoms with E-state index in [1.807, 2.05) is 26.8 Å². The van der Waals surface area contributed by atoms with Crippen LogP contribution in [0.1, 0.15) is 42.3 Å². The maximum absolute atomic E-state index is 12.7. The minimum Gasteiger partial charge on any atom is -0.493 e. The van der Waals surface area contributed by atoms with Gasteiger partial charge < -0.3 is 18.9 Å². The largest absolute Gasteiger partial charge is 0.493 e. The summed E-state index contributed by atoms with van der Waals surface area (Å²) in [5.41, 5.74) is 2.38. The second-order valence-electron chi connectivity index (χ2n) is 8.53. The molecule has 2 aliphatic heterocycles. The molecule has 1 amide bonds. The van der Waals surface area contributed by atoms with E-state index >= 15 is 0 Å². The van der Waals surface area contributed by atoms with Gasteiger partial charge in [0.25, 0.3) is 11.7 Å². The Morgan fingerprint density at radius 2 is 1.56 bits per heavy atom. The van der Waals surface area contributed by atoms with Gasteiger partial charge in [-0.3, -0.25) is 14.5 Å². The minimum absolute atomic E-state index is 0.184. The van der Waals surface area contributed by atoms with Crippen LogP contribution in [0.5, 0.6) is 23.0 Å². The van der Waals surface area contributed by atoms with Crippen LogP contribution in [-0.4, -0.2) is 44.5 Å². The summed E-state index contributed by atoms with van der Waals surface area (Å²) in [6.45, 7) is 5.65. The Morgan fingerprint density at radius 3 is 2.15 bits per heavy atom. The van der Waals surface area contributed by atoms with E-state index in [0.29, 0.717) is 34.1 Å². The van der Waals surface area contributed by atoms with Crippen molar-refractivity contribution in [3.05, 3.63) is 53.1 Å². The van der Waals surface area contributed by atoms with Crippen molar-refractivity contribution >= 4 is 35.0 Å². The molecule has 4 rings (SSSR count). The van der Waals surface area contributed by atoms with Crippen molar-refractivity contribution in [2.75, 3.05) is 26.2 Å². The lowest BCUT2D eigenvalue weighted by Crippen LogP contribution is -2.47. The van der Waals surface area contributed by atoms with Crippen molar-refractivity contribution in [3.8, 4) is 23.0 Å². The minimum atomic E-state index is -0.646. The van der Waals surface area contributed by atoms with Gasteiger partial charge in [0, 0.05) is 11.6 Å². The second kappa shape index (κ2) is 8.37. The fourth-order valence-electron chi connectivity index (χ4n) is 4.43. The van der Waals surface area contributed by atoms with Crippen LogP contribution in [0.2, 0.25) is 0 Å². The average Bonchev–Trinajstić information content (AvgIpc) is 3.06. The summed E-state index contributed by atoms with van der Waals surface area (Å²) >= 11 is 0. The van der Waals surface area contributed by atoms with Gasteiger partial charge in [0.1, 0.15) is 5.75 Å². The molecule has 0 saturated carbocycles. The number of ether oxygens (including phenoxy) is 4. The van der Waals surface area contributed by atoms with Gasteiger partial charge in [-0.15, -0.1) is 0 Å². The van der Waals surface area contributed by atoms with Gasteiger partial charge >= 0.3 is 5.97 Å². The van der Waals surface area contributed by atoms with Crippen LogP contribution in [0.4, 0.5) is 5.69 Å². The molecule has 34 heavy (non-hydrogen) atoms. The number of amides is 1. The highest BCUT2D eigenvalue weighted by Gasteiger charge is 2.47. The van der Waals surface area contributed by atoms with Crippen LogP contribution < -0.4 is 23.8 Å². The summed E-state index contributed by atoms with van der Waals surface area (Å²) < 4.78 is 21.4. The van der Waals surface area contributed by atoms with Gasteiger partial charge in [0.05, 0.1) is 38.1 Å². The maximum Gasteiger partial charge on any atom is 0.336 e. The molecule has 176 valence electrons. The fourth-order valence-corrected chi connectivity index (χ4v) is 4.43. The number of esters is 1. The molecule has 0 fully saturated rings. The van der Waals surface area contributed by atoms with E-state index in [9.17, 15) is 14.4 Å². The van der Waals surface area contributed by atoms with E-state index in [1.165, 1.54) is 38.4 Å². The first kappa shape index (κ1) is 23.1. The first-order chi connectivity index (χ1) is 16.1. The lowest BCUT2D eigenvalue weighted by Gasteiger charge is -2.38. The zero-order valence-electron chi connectivity index (χ0n) is 19.8. The molecule has 0 aliphatic carbocycles. The molecular formula is C26H25NO7. The lowest BCUT2D eigenvalue weighted by molar-refractivity contribution is -0.128. The van der Waals surface area contributed by atoms with Crippen molar-refractivity contribution in [2.24, 2.45) is 0 Å². The highest BCUT2D eigenvalue weighted by molar-refractivity contribution is 6.53. The predicted octanol–water partition coefficient (Wildman–Crippen LogP) is 4.06. The Kier molecular flexibility index (Phi) is 5.69. The normalized spacial score (nSPS) is 15.8. The molecule has 0 aromatic heterocycles. The number of benzene rings is 2. The number of methoxy groups -OCH3 is 3. The summed E-state index contributed by atoms with van der Waals surface area (Å²) in [5, 5.41) is 0. The molecule has 2 heterocycles. The molecule has 0 unspecified atom stereocenters. The topological polar surface area (TPSA) is 91.4 Å². The molecular weight excluding hydrogens is 438 g/mol. The molecule has 0 saturated heterocycles. The SMILES string of the molecule is COc1cc(/C=C/C(=O)Oc2cc3c4c(c2)C(C)=CC(C)(C)N4C(=O)C3=O)cc(OC)c1OC. The number of Topliss-reactive ketones (excluding diaryl/α,β-unsaturated/α-hetero) is 1. The number of allylic oxidation sites excluding steroid dienone is 1. The number of carbonyl (C=O) groups is 3. The predicted molar refractivity (Wildman–Crippen MR) is 127 cm³/mol. The first-order valence-corrected chi connectivity index (χ1v) is 10.6. The Hall–Kier alpha value is -4.07. The van der Waals surface area contributed by atoms with E-state index in [1.54, 1.807) is 24.3 Å². The molecule has 0 atom stereocenters. The number of nitrogens with zero attached hydrogens (tertiary/aromatic N) is 1. The highest BCUT2D eigenvalue weighted by atomic mass is 16.5. The Bertz CT molecular complexity index is 1260. The second-order valence-corrected chi connectivity index (χ2v) is 8.53. The van der Waals surface area contributed by atoms with Crippen LogP contribution in [0.25, 0.3) is 11.6 Å². The number of rotatable bonds is 6. The van der Waals surface area contributed by atoms with E-state index in [0.717, 1.165) is 5.57 Å². The monoisotopic (exact) mass is 463 g/mol. The lowest BCUT2D eigenvalue weighted by atomic mass is 9.89. The zero-order chi connectivity index (χ0) is 24.8. The van der Waals surface area contributed by atoms with Crippen LogP contribution in [-0.2, 0) is 9.59 Å². The average molecular weight is 463 g/mol. The quantitative estimate of drug-likeness (QED) is 0.276. The first-order valence-electron chi connectivity index (χ1n) is 10.6. The standard InChI is InChI=1S/C26H25NO7/c1-14-13-26(2,3)27-22-17(14)11-16(12-18(22)23(29)25(27)30)34-21(28)8-7-15-9-19(31-4)24(33-6)20(10-15)32-5/h7-13H,1-6H3/b8-7+. The zero-order valence-corrected chi connectivity index (χ0v) is 19.8. The van der Waals surface area contributed by atoms with E-state index in [2.05, 4.69) is 0 Å². The Balaban J connectivity index is 1.63. The van der Waals surface area contributed by atoms with Crippen molar-refractivity contribution in [3.63, 3.8) is 0 Å². The van der Waals surface area contributed by atoms with Crippen molar-refractivity contribution in [1.82, 2.24) is 0 Å². The third-order valence-corrected chi connectivity index (χ3v) is 5.84. The molecule has 2 aromatic rings. The summed E-state index contributed by atoms with van der Waals surface area (Å²) in [6.07, 6.45) is 4.73. The smallest absolute Gasteiger partial charge is 0.336 e. The Morgan fingerprint density at radius 1 is 0.941 bits per heavy atom. The van der Waals surface area contributed by atoms with Gasteiger partial charge in [-0.05, 0) is 62.2 Å². The number of carbonyl (C=O) groups excluding carboxylic acids is 3. The summed E-state index contributed by atoms with van der Waals surface area (Å²) in [5.74, 6) is -0.321. The molecule has 2 aliphatic rings. The molecule has 8 heteroatoms. The van der Waals surface area contributed by atoms with Crippen LogP contribution in [0.15, 0.2) is 36.4 Å². The third-order valence-electron chi connectivity index (χ3n) is 5.84. The molecule has 0 spiro atoms. The van der Waals surface area contributed by atoms with Gasteiger partial charge in [-0.1, -0.05) is 6.08 Å². The highest BCUT2D eigenvalue weighted by Crippen LogP contribution is 2.47. The van der Waals surface area contributed by atoms with Gasteiger partial charge in [-0.25, -0.2) is 4.79 Å². The van der Waals surface area contributed by atoms with Gasteiger partial charge in [0.15, 0.2) is 11.5 Å². The van der Waals surface area contributed by atoms with Crippen LogP contribution in [0, 0.1) is 0 Å².